The summed E-state index contributed by atoms with van der Waals surface area (Å²) in [7, 11) is 1.95. The lowest BCUT2D eigenvalue weighted by atomic mass is 10.1. The highest BCUT2D eigenvalue weighted by molar-refractivity contribution is 7.99. The number of halogens is 1. The second-order valence-electron chi connectivity index (χ2n) is 5.02. The first-order valence-electron chi connectivity index (χ1n) is 6.89. The lowest BCUT2D eigenvalue weighted by molar-refractivity contribution is 0.652. The molecule has 0 fully saturated rings. The number of aromatic nitrogens is 1. The van der Waals surface area contributed by atoms with Crippen molar-refractivity contribution in [2.45, 2.75) is 22.9 Å². The zero-order valence-electron chi connectivity index (χ0n) is 12.0. The molecule has 108 valence electrons. The fraction of sp³-hybridized carbons (Fsp3) is 0.176. The van der Waals surface area contributed by atoms with Crippen LogP contribution < -0.4 is 5.32 Å². The van der Waals surface area contributed by atoms with Gasteiger partial charge in [-0.15, -0.1) is 0 Å². The van der Waals surface area contributed by atoms with Crippen molar-refractivity contribution >= 4 is 34.3 Å². The molecule has 1 unspecified atom stereocenters. The molecule has 1 heterocycles. The van der Waals surface area contributed by atoms with Crippen molar-refractivity contribution in [1.29, 1.82) is 0 Å². The van der Waals surface area contributed by atoms with Gasteiger partial charge in [-0.25, -0.2) is 0 Å². The fourth-order valence-electron chi connectivity index (χ4n) is 2.26. The third-order valence-corrected chi connectivity index (χ3v) is 5.05. The van der Waals surface area contributed by atoms with Crippen molar-refractivity contribution in [2.75, 3.05) is 7.05 Å². The lowest BCUT2D eigenvalue weighted by Crippen LogP contribution is -2.12. The van der Waals surface area contributed by atoms with Gasteiger partial charge in [-0.05, 0) is 43.8 Å². The molecule has 2 aromatic carbocycles. The molecule has 0 bridgehead atoms. The summed E-state index contributed by atoms with van der Waals surface area (Å²) >= 11 is 8.08. The maximum atomic E-state index is 6.42. The molecular weight excluding hydrogens is 300 g/mol. The van der Waals surface area contributed by atoms with Gasteiger partial charge < -0.3 is 10.3 Å². The van der Waals surface area contributed by atoms with Crippen molar-refractivity contribution in [3.8, 4) is 0 Å². The average molecular weight is 317 g/mol. The topological polar surface area (TPSA) is 27.8 Å². The highest BCUT2D eigenvalue weighted by atomic mass is 35.5. The van der Waals surface area contributed by atoms with Crippen molar-refractivity contribution in [3.63, 3.8) is 0 Å². The highest BCUT2D eigenvalue weighted by Gasteiger charge is 2.09. The Labute approximate surface area is 133 Å². The standard InChI is InChI=1S/C17H17ClN2S/c1-11(19-2)12-7-8-16(14(18)9-12)21-17-10-13-5-3-4-6-15(13)20-17/h3-11,19-20H,1-2H3. The van der Waals surface area contributed by atoms with Crippen LogP contribution in [0.15, 0.2) is 58.5 Å². The van der Waals surface area contributed by atoms with Crippen LogP contribution in [0.1, 0.15) is 18.5 Å². The number of aromatic amines is 1. The molecule has 0 aliphatic carbocycles. The Kier molecular flexibility index (Phi) is 4.24. The van der Waals surface area contributed by atoms with Crippen LogP contribution in [0.2, 0.25) is 5.02 Å². The van der Waals surface area contributed by atoms with Gasteiger partial charge in [0.05, 0.1) is 10.0 Å². The predicted octanol–water partition coefficient (Wildman–Crippen LogP) is 5.25. The van der Waals surface area contributed by atoms with E-state index in [1.807, 2.05) is 25.2 Å². The largest absolute Gasteiger partial charge is 0.349 e. The number of nitrogens with one attached hydrogen (secondary N) is 2. The molecule has 1 atom stereocenters. The van der Waals surface area contributed by atoms with E-state index in [2.05, 4.69) is 47.6 Å². The van der Waals surface area contributed by atoms with Gasteiger partial charge in [0.25, 0.3) is 0 Å². The zero-order chi connectivity index (χ0) is 14.8. The maximum absolute atomic E-state index is 6.42. The quantitative estimate of drug-likeness (QED) is 0.687. The molecule has 2 nitrogen and oxygen atoms in total. The average Bonchev–Trinajstić information content (AvgIpc) is 2.90. The third kappa shape index (κ3) is 3.10. The van der Waals surface area contributed by atoms with Crippen LogP contribution in [-0.2, 0) is 0 Å². The van der Waals surface area contributed by atoms with Gasteiger partial charge in [0.1, 0.15) is 0 Å². The van der Waals surface area contributed by atoms with Crippen LogP contribution in [0.25, 0.3) is 10.9 Å². The van der Waals surface area contributed by atoms with Crippen LogP contribution in [0.5, 0.6) is 0 Å². The van der Waals surface area contributed by atoms with E-state index in [0.717, 1.165) is 20.5 Å². The Hall–Kier alpha value is -1.42. The first-order chi connectivity index (χ1) is 10.2. The summed E-state index contributed by atoms with van der Waals surface area (Å²) < 4.78 is 0. The van der Waals surface area contributed by atoms with Crippen molar-refractivity contribution < 1.29 is 0 Å². The molecule has 0 aliphatic heterocycles. The van der Waals surface area contributed by atoms with Gasteiger partial charge in [0.2, 0.25) is 0 Å². The van der Waals surface area contributed by atoms with Crippen LogP contribution in [0.4, 0.5) is 0 Å². The molecule has 0 amide bonds. The predicted molar refractivity (Wildman–Crippen MR) is 91.3 cm³/mol. The normalized spacial score (nSPS) is 12.7. The number of H-pyrrole nitrogens is 1. The molecule has 0 saturated carbocycles. The molecule has 21 heavy (non-hydrogen) atoms. The minimum Gasteiger partial charge on any atom is -0.349 e. The van der Waals surface area contributed by atoms with E-state index in [4.69, 9.17) is 11.6 Å². The molecule has 2 N–H and O–H groups in total. The van der Waals surface area contributed by atoms with Crippen molar-refractivity contribution in [3.05, 3.63) is 59.1 Å². The lowest BCUT2D eigenvalue weighted by Gasteiger charge is -2.12. The summed E-state index contributed by atoms with van der Waals surface area (Å²) in [4.78, 5) is 4.48. The Morgan fingerprint density at radius 1 is 1.14 bits per heavy atom. The Morgan fingerprint density at radius 3 is 2.67 bits per heavy atom. The van der Waals surface area contributed by atoms with E-state index in [-0.39, 0.29) is 0 Å². The summed E-state index contributed by atoms with van der Waals surface area (Å²) in [6.07, 6.45) is 0. The van der Waals surface area contributed by atoms with E-state index in [0.29, 0.717) is 6.04 Å². The number of para-hydroxylation sites is 1. The Morgan fingerprint density at radius 2 is 1.95 bits per heavy atom. The monoisotopic (exact) mass is 316 g/mol. The van der Waals surface area contributed by atoms with Gasteiger partial charge in [-0.2, -0.15) is 0 Å². The smallest absolute Gasteiger partial charge is 0.0781 e. The second-order valence-corrected chi connectivity index (χ2v) is 6.51. The minimum atomic E-state index is 0.301. The van der Waals surface area contributed by atoms with Crippen LogP contribution in [0.3, 0.4) is 0 Å². The fourth-order valence-corrected chi connectivity index (χ4v) is 3.44. The molecule has 0 spiro atoms. The number of hydrogen-bond donors (Lipinski definition) is 2. The molecule has 0 radical (unpaired) electrons. The van der Waals surface area contributed by atoms with Crippen LogP contribution in [0, 0.1) is 0 Å². The summed E-state index contributed by atoms with van der Waals surface area (Å²) in [6, 6.07) is 17.0. The summed E-state index contributed by atoms with van der Waals surface area (Å²) in [6.45, 7) is 2.12. The molecular formula is C17H17ClN2S. The second kappa shape index (κ2) is 6.14. The minimum absolute atomic E-state index is 0.301. The van der Waals surface area contributed by atoms with E-state index in [9.17, 15) is 0 Å². The Balaban J connectivity index is 1.87. The molecule has 4 heteroatoms. The third-order valence-electron chi connectivity index (χ3n) is 3.61. The molecule has 0 saturated heterocycles. The van der Waals surface area contributed by atoms with E-state index < -0.39 is 0 Å². The SMILES string of the molecule is CNC(C)c1ccc(Sc2cc3ccccc3[nH]2)c(Cl)c1. The van der Waals surface area contributed by atoms with Crippen molar-refractivity contribution in [2.24, 2.45) is 0 Å². The van der Waals surface area contributed by atoms with Crippen molar-refractivity contribution in [1.82, 2.24) is 10.3 Å². The van der Waals surface area contributed by atoms with Crippen LogP contribution >= 0.6 is 23.4 Å². The summed E-state index contributed by atoms with van der Waals surface area (Å²) in [5.41, 5.74) is 2.35. The zero-order valence-corrected chi connectivity index (χ0v) is 13.6. The first kappa shape index (κ1) is 14.5. The first-order valence-corrected chi connectivity index (χ1v) is 8.09. The van der Waals surface area contributed by atoms with Gasteiger partial charge in [-0.1, -0.05) is 47.6 Å². The van der Waals surface area contributed by atoms with E-state index in [1.54, 1.807) is 11.8 Å². The molecule has 3 rings (SSSR count). The maximum Gasteiger partial charge on any atom is 0.0781 e. The number of fused-ring (bicyclic) bond motifs is 1. The van der Waals surface area contributed by atoms with Gasteiger partial charge in [0.15, 0.2) is 0 Å². The van der Waals surface area contributed by atoms with Crippen LogP contribution in [-0.4, -0.2) is 12.0 Å². The number of rotatable bonds is 4. The van der Waals surface area contributed by atoms with Gasteiger partial charge in [-0.3, -0.25) is 0 Å². The van der Waals surface area contributed by atoms with Gasteiger partial charge >= 0.3 is 0 Å². The number of hydrogen-bond acceptors (Lipinski definition) is 2. The van der Waals surface area contributed by atoms with E-state index in [1.165, 1.54) is 10.9 Å². The van der Waals surface area contributed by atoms with E-state index >= 15 is 0 Å². The number of benzene rings is 2. The summed E-state index contributed by atoms with van der Waals surface area (Å²) in [5.74, 6) is 0. The molecule has 3 aromatic rings. The summed E-state index contributed by atoms with van der Waals surface area (Å²) in [5, 5.41) is 6.34. The highest BCUT2D eigenvalue weighted by Crippen LogP contribution is 2.35. The Bertz CT molecular complexity index is 733. The molecule has 0 aliphatic rings. The van der Waals surface area contributed by atoms with Gasteiger partial charge in [0, 0.05) is 21.8 Å². The molecule has 1 aromatic heterocycles.